The SMILES string of the molecule is CCN(c1ccccc1C)c1cc(C)nc(C)c1C#N. The number of pyridine rings is 1. The number of benzene rings is 1. The predicted octanol–water partition coefficient (Wildman–Crippen LogP) is 4.04. The summed E-state index contributed by atoms with van der Waals surface area (Å²) in [5.74, 6) is 0. The van der Waals surface area contributed by atoms with Crippen molar-refractivity contribution < 1.29 is 0 Å². The van der Waals surface area contributed by atoms with E-state index in [0.717, 1.165) is 29.3 Å². The molecule has 0 amide bonds. The van der Waals surface area contributed by atoms with Gasteiger partial charge in [0, 0.05) is 17.9 Å². The first-order valence-electron chi connectivity index (χ1n) is 6.80. The van der Waals surface area contributed by atoms with Crippen LogP contribution in [0.1, 0.15) is 29.4 Å². The smallest absolute Gasteiger partial charge is 0.103 e. The van der Waals surface area contributed by atoms with Gasteiger partial charge in [0.15, 0.2) is 0 Å². The van der Waals surface area contributed by atoms with Gasteiger partial charge in [0.2, 0.25) is 0 Å². The molecule has 1 aromatic carbocycles. The van der Waals surface area contributed by atoms with Crippen molar-refractivity contribution in [2.75, 3.05) is 11.4 Å². The summed E-state index contributed by atoms with van der Waals surface area (Å²) in [5.41, 5.74) is 5.65. The van der Waals surface area contributed by atoms with Gasteiger partial charge in [0.05, 0.1) is 16.9 Å². The molecule has 3 nitrogen and oxygen atoms in total. The highest BCUT2D eigenvalue weighted by molar-refractivity contribution is 5.72. The fourth-order valence-electron chi connectivity index (χ4n) is 2.50. The predicted molar refractivity (Wildman–Crippen MR) is 82.3 cm³/mol. The molecule has 0 aliphatic rings. The Morgan fingerprint density at radius 3 is 2.45 bits per heavy atom. The highest BCUT2D eigenvalue weighted by atomic mass is 15.1. The van der Waals surface area contributed by atoms with Crippen molar-refractivity contribution >= 4 is 11.4 Å². The lowest BCUT2D eigenvalue weighted by Crippen LogP contribution is -2.19. The minimum atomic E-state index is 0.653. The summed E-state index contributed by atoms with van der Waals surface area (Å²) in [6.07, 6.45) is 0. The van der Waals surface area contributed by atoms with E-state index in [1.165, 1.54) is 5.56 Å². The van der Waals surface area contributed by atoms with Crippen LogP contribution in [0.25, 0.3) is 0 Å². The Labute approximate surface area is 120 Å². The normalized spacial score (nSPS) is 10.2. The molecule has 0 saturated carbocycles. The van der Waals surface area contributed by atoms with Crippen LogP contribution in [0.15, 0.2) is 30.3 Å². The molecule has 2 rings (SSSR count). The first-order valence-corrected chi connectivity index (χ1v) is 6.80. The lowest BCUT2D eigenvalue weighted by atomic mass is 10.1. The monoisotopic (exact) mass is 265 g/mol. The Bertz CT molecular complexity index is 668. The van der Waals surface area contributed by atoms with Gasteiger partial charge < -0.3 is 4.90 Å². The second-order valence-electron chi connectivity index (χ2n) is 4.89. The molecule has 20 heavy (non-hydrogen) atoms. The summed E-state index contributed by atoms with van der Waals surface area (Å²) >= 11 is 0. The van der Waals surface area contributed by atoms with Gasteiger partial charge >= 0.3 is 0 Å². The van der Waals surface area contributed by atoms with E-state index in [2.05, 4.69) is 41.9 Å². The number of para-hydroxylation sites is 1. The zero-order chi connectivity index (χ0) is 14.7. The Morgan fingerprint density at radius 1 is 1.15 bits per heavy atom. The lowest BCUT2D eigenvalue weighted by Gasteiger charge is -2.26. The van der Waals surface area contributed by atoms with E-state index in [1.54, 1.807) is 0 Å². The Morgan fingerprint density at radius 2 is 1.85 bits per heavy atom. The van der Waals surface area contributed by atoms with Crippen molar-refractivity contribution in [2.45, 2.75) is 27.7 Å². The van der Waals surface area contributed by atoms with Gasteiger partial charge in [-0.05, 0) is 45.4 Å². The van der Waals surface area contributed by atoms with Gasteiger partial charge in [0.25, 0.3) is 0 Å². The van der Waals surface area contributed by atoms with E-state index < -0.39 is 0 Å². The first-order chi connectivity index (χ1) is 9.58. The van der Waals surface area contributed by atoms with Crippen molar-refractivity contribution in [3.05, 3.63) is 52.8 Å². The molecule has 0 atom stereocenters. The molecule has 1 aromatic heterocycles. The highest BCUT2D eigenvalue weighted by Gasteiger charge is 2.16. The largest absolute Gasteiger partial charge is 0.340 e. The summed E-state index contributed by atoms with van der Waals surface area (Å²) in [4.78, 5) is 6.56. The molecular formula is C17H19N3. The highest BCUT2D eigenvalue weighted by Crippen LogP contribution is 2.31. The molecule has 0 unspecified atom stereocenters. The van der Waals surface area contributed by atoms with Crippen molar-refractivity contribution in [1.29, 1.82) is 5.26 Å². The molecule has 0 aliphatic carbocycles. The third-order valence-electron chi connectivity index (χ3n) is 3.43. The molecule has 0 N–H and O–H groups in total. The van der Waals surface area contributed by atoms with E-state index in [4.69, 9.17) is 0 Å². The van der Waals surface area contributed by atoms with Crippen LogP contribution in [0.5, 0.6) is 0 Å². The van der Waals surface area contributed by atoms with E-state index in [1.807, 2.05) is 32.0 Å². The van der Waals surface area contributed by atoms with Crippen LogP contribution in [-0.2, 0) is 0 Å². The molecule has 3 heteroatoms. The maximum absolute atomic E-state index is 9.43. The maximum atomic E-state index is 9.43. The number of anilines is 2. The number of nitrogens with zero attached hydrogens (tertiary/aromatic N) is 3. The number of aryl methyl sites for hydroxylation is 3. The molecule has 0 fully saturated rings. The number of hydrogen-bond acceptors (Lipinski definition) is 3. The van der Waals surface area contributed by atoms with Crippen LogP contribution in [0, 0.1) is 32.1 Å². The third-order valence-corrected chi connectivity index (χ3v) is 3.43. The van der Waals surface area contributed by atoms with Crippen LogP contribution < -0.4 is 4.90 Å². The number of rotatable bonds is 3. The van der Waals surface area contributed by atoms with Crippen LogP contribution in [0.2, 0.25) is 0 Å². The standard InChI is InChI=1S/C17H19N3/c1-5-20(16-9-7-6-8-12(16)2)17-10-13(3)19-14(4)15(17)11-18/h6-10H,5H2,1-4H3. The minimum Gasteiger partial charge on any atom is -0.340 e. The molecule has 102 valence electrons. The molecule has 1 heterocycles. The van der Waals surface area contributed by atoms with Crippen LogP contribution in [0.3, 0.4) is 0 Å². The average molecular weight is 265 g/mol. The molecule has 0 bridgehead atoms. The van der Waals surface area contributed by atoms with Crippen molar-refractivity contribution in [2.24, 2.45) is 0 Å². The summed E-state index contributed by atoms with van der Waals surface area (Å²) in [5, 5.41) is 9.43. The summed E-state index contributed by atoms with van der Waals surface area (Å²) in [6, 6.07) is 12.5. The quantitative estimate of drug-likeness (QED) is 0.841. The zero-order valence-corrected chi connectivity index (χ0v) is 12.4. The second kappa shape index (κ2) is 5.75. The number of nitriles is 1. The molecular weight excluding hydrogens is 246 g/mol. The number of aromatic nitrogens is 1. The molecule has 0 radical (unpaired) electrons. The van der Waals surface area contributed by atoms with Crippen molar-refractivity contribution in [3.63, 3.8) is 0 Å². The average Bonchev–Trinajstić information content (AvgIpc) is 2.41. The topological polar surface area (TPSA) is 39.9 Å². The van der Waals surface area contributed by atoms with Gasteiger partial charge in [-0.15, -0.1) is 0 Å². The lowest BCUT2D eigenvalue weighted by molar-refractivity contribution is 0.992. The van der Waals surface area contributed by atoms with Crippen molar-refractivity contribution in [1.82, 2.24) is 4.98 Å². The Kier molecular flexibility index (Phi) is 4.05. The van der Waals surface area contributed by atoms with Crippen LogP contribution in [0.4, 0.5) is 11.4 Å². The van der Waals surface area contributed by atoms with Gasteiger partial charge in [-0.2, -0.15) is 5.26 Å². The van der Waals surface area contributed by atoms with Crippen LogP contribution >= 0.6 is 0 Å². The fourth-order valence-corrected chi connectivity index (χ4v) is 2.50. The molecule has 0 spiro atoms. The second-order valence-corrected chi connectivity index (χ2v) is 4.89. The summed E-state index contributed by atoms with van der Waals surface area (Å²) in [6.45, 7) is 8.84. The van der Waals surface area contributed by atoms with Gasteiger partial charge in [0.1, 0.15) is 6.07 Å². The van der Waals surface area contributed by atoms with E-state index in [-0.39, 0.29) is 0 Å². The Hall–Kier alpha value is -2.34. The number of hydrogen-bond donors (Lipinski definition) is 0. The van der Waals surface area contributed by atoms with E-state index in [0.29, 0.717) is 5.56 Å². The van der Waals surface area contributed by atoms with E-state index in [9.17, 15) is 5.26 Å². The molecule has 0 saturated heterocycles. The summed E-state index contributed by atoms with van der Waals surface area (Å²) in [7, 11) is 0. The molecule has 2 aromatic rings. The maximum Gasteiger partial charge on any atom is 0.103 e. The molecule has 0 aliphatic heterocycles. The summed E-state index contributed by atoms with van der Waals surface area (Å²) < 4.78 is 0. The van der Waals surface area contributed by atoms with E-state index >= 15 is 0 Å². The Balaban J connectivity index is 2.65. The van der Waals surface area contributed by atoms with Gasteiger partial charge in [-0.25, -0.2) is 0 Å². The minimum absolute atomic E-state index is 0.653. The van der Waals surface area contributed by atoms with Crippen molar-refractivity contribution in [3.8, 4) is 6.07 Å². The van der Waals surface area contributed by atoms with Crippen LogP contribution in [-0.4, -0.2) is 11.5 Å². The first kappa shape index (κ1) is 14.1. The van der Waals surface area contributed by atoms with Gasteiger partial charge in [-0.3, -0.25) is 4.98 Å². The third kappa shape index (κ3) is 2.50. The fraction of sp³-hybridized carbons (Fsp3) is 0.294. The van der Waals surface area contributed by atoms with Gasteiger partial charge in [-0.1, -0.05) is 18.2 Å². The zero-order valence-electron chi connectivity index (χ0n) is 12.4.